The van der Waals surface area contributed by atoms with Crippen molar-refractivity contribution in [1.82, 2.24) is 10.6 Å². The topological polar surface area (TPSA) is 237 Å². The van der Waals surface area contributed by atoms with E-state index in [9.17, 15) is 19.2 Å². The molecule has 0 bridgehead atoms. The summed E-state index contributed by atoms with van der Waals surface area (Å²) in [7, 11) is 0. The van der Waals surface area contributed by atoms with Gasteiger partial charge in [-0.05, 0) is 0 Å². The Labute approximate surface area is 94.2 Å². The number of hydrogen-bond donors (Lipinski definition) is 7. The number of urea groups is 4. The second-order valence-corrected chi connectivity index (χ2v) is 1.81. The molecule has 0 saturated heterocycles. The summed E-state index contributed by atoms with van der Waals surface area (Å²) >= 11 is 0. The van der Waals surface area contributed by atoms with E-state index in [1.165, 1.54) is 0 Å². The number of hydrogen-bond acceptors (Lipinski definition) is 6. The second-order valence-electron chi connectivity index (χ2n) is 1.81. The van der Waals surface area contributed by atoms with E-state index in [0.717, 1.165) is 6.08 Å². The molecule has 0 unspecified atom stereocenters. The molecule has 0 aromatic heterocycles. The smallest absolute Gasteiger partial charge is 0.320 e. The SMILES string of the molecule is N=C=O.NC(=O)NC(N)=O.NC(=O)NC(N)=O. The minimum Gasteiger partial charge on any atom is -0.351 e. The molecule has 0 aliphatic heterocycles. The van der Waals surface area contributed by atoms with Gasteiger partial charge in [0.25, 0.3) is 0 Å². The summed E-state index contributed by atoms with van der Waals surface area (Å²) in [6.45, 7) is 0. The highest BCUT2D eigenvalue weighted by Crippen LogP contribution is 1.52. The Kier molecular flexibility index (Phi) is 14.7. The molecule has 0 aromatic carbocycles. The molecule has 11 N–H and O–H groups in total. The summed E-state index contributed by atoms with van der Waals surface area (Å²) in [5, 5.41) is 8.57. The van der Waals surface area contributed by atoms with Gasteiger partial charge in [-0.2, -0.15) is 0 Å². The Bertz CT molecular complexity index is 271. The molecule has 0 radical (unpaired) electrons. The largest absolute Gasteiger partial charge is 0.351 e. The average molecular weight is 249 g/mol. The third-order valence-corrected chi connectivity index (χ3v) is 0.493. The first-order valence-electron chi connectivity index (χ1n) is 3.43. The van der Waals surface area contributed by atoms with Crippen LogP contribution in [0.5, 0.6) is 0 Å². The summed E-state index contributed by atoms with van der Waals surface area (Å²) in [5.74, 6) is 0. The van der Waals surface area contributed by atoms with Crippen LogP contribution in [-0.4, -0.2) is 30.2 Å². The van der Waals surface area contributed by atoms with Crippen molar-refractivity contribution in [3.05, 3.63) is 0 Å². The first-order chi connectivity index (χ1) is 7.67. The van der Waals surface area contributed by atoms with Gasteiger partial charge in [0.1, 0.15) is 0 Å². The zero-order valence-electron chi connectivity index (χ0n) is 8.35. The molecule has 12 nitrogen and oxygen atoms in total. The minimum atomic E-state index is -0.938. The summed E-state index contributed by atoms with van der Waals surface area (Å²) in [4.78, 5) is 46.8. The maximum atomic E-state index is 9.62. The van der Waals surface area contributed by atoms with Crippen LogP contribution in [0.1, 0.15) is 0 Å². The quantitative estimate of drug-likeness (QED) is 0.179. The molecule has 0 aliphatic carbocycles. The van der Waals surface area contributed by atoms with Gasteiger partial charge >= 0.3 is 24.1 Å². The van der Waals surface area contributed by atoms with E-state index in [4.69, 9.17) is 10.2 Å². The molecule has 96 valence electrons. The van der Waals surface area contributed by atoms with Gasteiger partial charge in [0.2, 0.25) is 6.08 Å². The highest BCUT2D eigenvalue weighted by molar-refractivity contribution is 5.91. The molecule has 8 amide bonds. The summed E-state index contributed by atoms with van der Waals surface area (Å²) < 4.78 is 0. The molecule has 12 heteroatoms. The van der Waals surface area contributed by atoms with Gasteiger partial charge in [-0.25, -0.2) is 29.4 Å². The van der Waals surface area contributed by atoms with Gasteiger partial charge in [-0.1, -0.05) is 0 Å². The lowest BCUT2D eigenvalue weighted by Crippen LogP contribution is -2.38. The van der Waals surface area contributed by atoms with E-state index in [1.807, 2.05) is 0 Å². The highest BCUT2D eigenvalue weighted by atomic mass is 16.2. The molecular weight excluding hydrogens is 238 g/mol. The fourth-order valence-electron chi connectivity index (χ4n) is 0.243. The van der Waals surface area contributed by atoms with Crippen molar-refractivity contribution in [3.8, 4) is 0 Å². The lowest BCUT2D eigenvalue weighted by molar-refractivity contribution is 0.235. The molecule has 0 heterocycles. The van der Waals surface area contributed by atoms with E-state index in [1.54, 1.807) is 10.6 Å². The van der Waals surface area contributed by atoms with Crippen LogP contribution >= 0.6 is 0 Å². The summed E-state index contributed by atoms with van der Waals surface area (Å²) in [6, 6.07) is -3.75. The summed E-state index contributed by atoms with van der Waals surface area (Å²) in [5.41, 5.74) is 17.8. The average Bonchev–Trinajstić information content (AvgIpc) is 1.99. The van der Waals surface area contributed by atoms with Crippen LogP contribution in [0.4, 0.5) is 19.2 Å². The third-order valence-electron chi connectivity index (χ3n) is 0.493. The predicted molar refractivity (Wildman–Crippen MR) is 53.0 cm³/mol. The van der Waals surface area contributed by atoms with Gasteiger partial charge in [-0.15, -0.1) is 0 Å². The molecular formula is C5H11N7O5. The van der Waals surface area contributed by atoms with Crippen molar-refractivity contribution < 1.29 is 24.0 Å². The monoisotopic (exact) mass is 249 g/mol. The third kappa shape index (κ3) is 64.2. The first kappa shape index (κ1) is 19.4. The van der Waals surface area contributed by atoms with Crippen LogP contribution in [0.2, 0.25) is 0 Å². The predicted octanol–water partition coefficient (Wildman–Crippen LogP) is -2.63. The van der Waals surface area contributed by atoms with Crippen LogP contribution < -0.4 is 33.6 Å². The number of rotatable bonds is 0. The maximum Gasteiger partial charge on any atom is 0.320 e. The maximum absolute atomic E-state index is 9.62. The Balaban J connectivity index is -0.000000188. The number of carbonyl (C=O) groups excluding carboxylic acids is 5. The second kappa shape index (κ2) is 12.9. The van der Waals surface area contributed by atoms with Crippen LogP contribution in [-0.2, 0) is 4.79 Å². The molecule has 0 saturated carbocycles. The zero-order valence-corrected chi connectivity index (χ0v) is 8.35. The molecule has 17 heavy (non-hydrogen) atoms. The number of carbonyl (C=O) groups is 4. The van der Waals surface area contributed by atoms with Gasteiger partial charge < -0.3 is 22.9 Å². The van der Waals surface area contributed by atoms with Crippen molar-refractivity contribution in [3.63, 3.8) is 0 Å². The molecule has 0 fully saturated rings. The fraction of sp³-hybridized carbons (Fsp3) is 0. The van der Waals surface area contributed by atoms with Crippen molar-refractivity contribution in [2.75, 3.05) is 0 Å². The van der Waals surface area contributed by atoms with E-state index in [-0.39, 0.29) is 0 Å². The van der Waals surface area contributed by atoms with Crippen molar-refractivity contribution in [1.29, 1.82) is 5.41 Å². The number of primary amides is 4. The Hall–Kier alpha value is -3.14. The van der Waals surface area contributed by atoms with Gasteiger partial charge in [0.15, 0.2) is 0 Å². The van der Waals surface area contributed by atoms with Gasteiger partial charge in [0.05, 0.1) is 0 Å². The van der Waals surface area contributed by atoms with Crippen molar-refractivity contribution in [2.45, 2.75) is 0 Å². The fourth-order valence-corrected chi connectivity index (χ4v) is 0.243. The number of nitrogens with one attached hydrogen (secondary N) is 3. The number of isocyanates is 1. The molecule has 0 spiro atoms. The molecule has 0 rings (SSSR count). The Morgan fingerprint density at radius 1 is 0.765 bits per heavy atom. The van der Waals surface area contributed by atoms with Crippen LogP contribution in [0.15, 0.2) is 0 Å². The Morgan fingerprint density at radius 3 is 0.882 bits per heavy atom. The lowest BCUT2D eigenvalue weighted by Gasteiger charge is -1.88. The minimum absolute atomic E-state index is 0.750. The van der Waals surface area contributed by atoms with Gasteiger partial charge in [-0.3, -0.25) is 10.6 Å². The lowest BCUT2D eigenvalue weighted by atomic mass is 10.9. The Morgan fingerprint density at radius 2 is 0.882 bits per heavy atom. The molecule has 0 aromatic rings. The van der Waals surface area contributed by atoms with Crippen LogP contribution in [0.25, 0.3) is 0 Å². The van der Waals surface area contributed by atoms with Crippen molar-refractivity contribution >= 4 is 30.2 Å². The number of nitrogens with two attached hydrogens (primary N) is 4. The van der Waals surface area contributed by atoms with Crippen LogP contribution in [0.3, 0.4) is 0 Å². The van der Waals surface area contributed by atoms with Crippen LogP contribution in [0, 0.1) is 5.41 Å². The van der Waals surface area contributed by atoms with E-state index in [0.29, 0.717) is 0 Å². The normalized spacial score (nSPS) is 6.59. The standard InChI is InChI=1S/2C2H5N3O2.CHNO/c2*3-1(6)5-2(4)7;2-1-3/h2*(H5,3,4,5,6,7);2H. The van der Waals surface area contributed by atoms with Gasteiger partial charge in [0, 0.05) is 0 Å². The summed E-state index contributed by atoms with van der Waals surface area (Å²) in [6.07, 6.45) is 0.750. The molecule has 0 atom stereocenters. The van der Waals surface area contributed by atoms with E-state index < -0.39 is 24.1 Å². The first-order valence-corrected chi connectivity index (χ1v) is 3.43. The number of amides is 8. The highest BCUT2D eigenvalue weighted by Gasteiger charge is 1.92. The zero-order chi connectivity index (χ0) is 14.4. The van der Waals surface area contributed by atoms with E-state index in [2.05, 4.69) is 22.9 Å². The number of imide groups is 2. The van der Waals surface area contributed by atoms with E-state index >= 15 is 0 Å². The molecule has 0 aliphatic rings. The van der Waals surface area contributed by atoms with Crippen molar-refractivity contribution in [2.24, 2.45) is 22.9 Å².